The molecular weight excluding hydrogens is 252 g/mol. The van der Waals surface area contributed by atoms with Gasteiger partial charge in [-0.05, 0) is 19.4 Å². The van der Waals surface area contributed by atoms with Gasteiger partial charge in [-0.25, -0.2) is 4.98 Å². The molecule has 0 radical (unpaired) electrons. The zero-order chi connectivity index (χ0) is 12.8. The van der Waals surface area contributed by atoms with Crippen LogP contribution in [-0.4, -0.2) is 23.0 Å². The van der Waals surface area contributed by atoms with Gasteiger partial charge in [-0.3, -0.25) is 4.90 Å². The molecule has 0 bridgehead atoms. The van der Waals surface area contributed by atoms with Crippen LogP contribution in [0.1, 0.15) is 50.9 Å². The second kappa shape index (κ2) is 7.34. The Morgan fingerprint density at radius 3 is 2.59 bits per heavy atom. The first-order valence-corrected chi connectivity index (χ1v) is 7.78. The first kappa shape index (κ1) is 14.9. The molecule has 0 amide bonds. The van der Waals surface area contributed by atoms with Gasteiger partial charge in [-0.15, -0.1) is 22.9 Å². The van der Waals surface area contributed by atoms with Crippen LogP contribution in [-0.2, 0) is 5.88 Å². The number of aromatic nitrogens is 1. The lowest BCUT2D eigenvalue weighted by molar-refractivity contribution is 0.190. The minimum atomic E-state index is 0.399. The van der Waals surface area contributed by atoms with Gasteiger partial charge in [0.1, 0.15) is 5.01 Å². The average Bonchev–Trinajstić information content (AvgIpc) is 2.83. The van der Waals surface area contributed by atoms with Crippen LogP contribution in [0, 0.1) is 5.92 Å². The van der Waals surface area contributed by atoms with Gasteiger partial charge in [-0.2, -0.15) is 0 Å². The van der Waals surface area contributed by atoms with Crippen LogP contribution < -0.4 is 0 Å². The summed E-state index contributed by atoms with van der Waals surface area (Å²) in [6, 6.07) is 0.399. The maximum atomic E-state index is 5.80. The highest BCUT2D eigenvalue weighted by Crippen LogP contribution is 2.25. The van der Waals surface area contributed by atoms with E-state index in [0.29, 0.717) is 11.9 Å². The van der Waals surface area contributed by atoms with Crippen LogP contribution in [0.15, 0.2) is 5.38 Å². The van der Waals surface area contributed by atoms with Gasteiger partial charge in [0.05, 0.1) is 17.6 Å². The minimum Gasteiger partial charge on any atom is -0.294 e. The van der Waals surface area contributed by atoms with E-state index in [-0.39, 0.29) is 0 Å². The van der Waals surface area contributed by atoms with Gasteiger partial charge in [0.2, 0.25) is 0 Å². The van der Waals surface area contributed by atoms with E-state index in [1.54, 1.807) is 11.3 Å². The SMILES string of the molecule is CCC(C)CN(CC)C(C)c1nc(CCl)cs1. The van der Waals surface area contributed by atoms with Gasteiger partial charge in [0.25, 0.3) is 0 Å². The van der Waals surface area contributed by atoms with E-state index in [4.69, 9.17) is 11.6 Å². The Bertz CT molecular complexity index is 327. The van der Waals surface area contributed by atoms with E-state index >= 15 is 0 Å². The average molecular weight is 275 g/mol. The van der Waals surface area contributed by atoms with Crippen molar-refractivity contribution < 1.29 is 0 Å². The summed E-state index contributed by atoms with van der Waals surface area (Å²) in [6.07, 6.45) is 1.23. The Kier molecular flexibility index (Phi) is 6.45. The summed E-state index contributed by atoms with van der Waals surface area (Å²) in [6.45, 7) is 11.2. The monoisotopic (exact) mass is 274 g/mol. The van der Waals surface area contributed by atoms with Crippen molar-refractivity contribution in [2.45, 2.75) is 46.0 Å². The molecule has 2 unspecified atom stereocenters. The highest BCUT2D eigenvalue weighted by atomic mass is 35.5. The fourth-order valence-electron chi connectivity index (χ4n) is 1.82. The molecule has 0 N–H and O–H groups in total. The number of hydrogen-bond acceptors (Lipinski definition) is 3. The van der Waals surface area contributed by atoms with Crippen LogP contribution in [0.25, 0.3) is 0 Å². The highest BCUT2D eigenvalue weighted by molar-refractivity contribution is 7.09. The molecule has 0 saturated heterocycles. The van der Waals surface area contributed by atoms with Crippen LogP contribution in [0.4, 0.5) is 0 Å². The second-order valence-corrected chi connectivity index (χ2v) is 5.74. The summed E-state index contributed by atoms with van der Waals surface area (Å²) in [5.74, 6) is 1.26. The molecule has 1 heterocycles. The molecule has 2 nitrogen and oxygen atoms in total. The highest BCUT2D eigenvalue weighted by Gasteiger charge is 2.18. The lowest BCUT2D eigenvalue weighted by atomic mass is 10.1. The molecule has 0 aliphatic rings. The lowest BCUT2D eigenvalue weighted by Crippen LogP contribution is -2.31. The van der Waals surface area contributed by atoms with E-state index in [1.807, 2.05) is 0 Å². The molecule has 1 aromatic rings. The maximum absolute atomic E-state index is 5.80. The van der Waals surface area contributed by atoms with Crippen LogP contribution in [0.3, 0.4) is 0 Å². The second-order valence-electron chi connectivity index (χ2n) is 4.59. The molecule has 0 fully saturated rings. The summed E-state index contributed by atoms with van der Waals surface area (Å²) in [5.41, 5.74) is 0.998. The smallest absolute Gasteiger partial charge is 0.110 e. The number of thiazole rings is 1. The van der Waals surface area contributed by atoms with E-state index in [9.17, 15) is 0 Å². The molecule has 0 aromatic carbocycles. The van der Waals surface area contributed by atoms with Crippen LogP contribution >= 0.6 is 22.9 Å². The van der Waals surface area contributed by atoms with Crippen LogP contribution in [0.2, 0.25) is 0 Å². The van der Waals surface area contributed by atoms with Crippen molar-refractivity contribution in [1.29, 1.82) is 0 Å². The van der Waals surface area contributed by atoms with Crippen molar-refractivity contribution in [3.8, 4) is 0 Å². The molecule has 4 heteroatoms. The molecule has 98 valence electrons. The van der Waals surface area contributed by atoms with Crippen molar-refractivity contribution in [3.63, 3.8) is 0 Å². The summed E-state index contributed by atoms with van der Waals surface area (Å²) >= 11 is 7.52. The number of nitrogens with zero attached hydrogens (tertiary/aromatic N) is 2. The molecule has 2 atom stereocenters. The molecule has 17 heavy (non-hydrogen) atoms. The lowest BCUT2D eigenvalue weighted by Gasteiger charge is -2.28. The molecule has 0 spiro atoms. The van der Waals surface area contributed by atoms with Gasteiger partial charge in [0.15, 0.2) is 0 Å². The van der Waals surface area contributed by atoms with E-state index < -0.39 is 0 Å². The van der Waals surface area contributed by atoms with E-state index in [1.165, 1.54) is 11.4 Å². The quantitative estimate of drug-likeness (QED) is 0.689. The Morgan fingerprint density at radius 2 is 2.12 bits per heavy atom. The summed E-state index contributed by atoms with van der Waals surface area (Å²) in [7, 11) is 0. The Morgan fingerprint density at radius 1 is 1.41 bits per heavy atom. The van der Waals surface area contributed by atoms with Gasteiger partial charge < -0.3 is 0 Å². The number of alkyl halides is 1. The molecule has 1 rings (SSSR count). The van der Waals surface area contributed by atoms with E-state index in [2.05, 4.69) is 43.0 Å². The molecule has 0 saturated carbocycles. The Hall–Kier alpha value is -0.120. The normalized spacial score (nSPS) is 15.2. The summed E-state index contributed by atoms with van der Waals surface area (Å²) in [5, 5.41) is 3.25. The Labute approximate surface area is 114 Å². The Balaban J connectivity index is 2.67. The first-order valence-electron chi connectivity index (χ1n) is 6.36. The number of rotatable bonds is 7. The standard InChI is InChI=1S/C13H23ClN2S/c1-5-10(3)8-16(6-2)11(4)13-15-12(7-14)9-17-13/h9-11H,5-8H2,1-4H3. The zero-order valence-corrected chi connectivity index (χ0v) is 12.8. The first-order chi connectivity index (χ1) is 8.12. The predicted octanol–water partition coefficient (Wildman–Crippen LogP) is 4.31. The van der Waals surface area contributed by atoms with Crippen molar-refractivity contribution in [2.75, 3.05) is 13.1 Å². The number of hydrogen-bond donors (Lipinski definition) is 0. The zero-order valence-electron chi connectivity index (χ0n) is 11.2. The third-order valence-corrected chi connectivity index (χ3v) is 4.60. The van der Waals surface area contributed by atoms with Crippen molar-refractivity contribution in [3.05, 3.63) is 16.1 Å². The van der Waals surface area contributed by atoms with E-state index in [0.717, 1.165) is 24.7 Å². The largest absolute Gasteiger partial charge is 0.294 e. The topological polar surface area (TPSA) is 16.1 Å². The van der Waals surface area contributed by atoms with Gasteiger partial charge in [-0.1, -0.05) is 27.2 Å². The third kappa shape index (κ3) is 4.23. The van der Waals surface area contributed by atoms with Gasteiger partial charge in [0, 0.05) is 11.9 Å². The molecular formula is C13H23ClN2S. The van der Waals surface area contributed by atoms with Gasteiger partial charge >= 0.3 is 0 Å². The maximum Gasteiger partial charge on any atom is 0.110 e. The number of halogens is 1. The fourth-order valence-corrected chi connectivity index (χ4v) is 2.96. The third-order valence-electron chi connectivity index (χ3n) is 3.26. The van der Waals surface area contributed by atoms with Crippen LogP contribution in [0.5, 0.6) is 0 Å². The molecule has 0 aliphatic heterocycles. The predicted molar refractivity (Wildman–Crippen MR) is 76.8 cm³/mol. The van der Waals surface area contributed by atoms with Crippen molar-refractivity contribution in [2.24, 2.45) is 5.92 Å². The minimum absolute atomic E-state index is 0.399. The molecule has 0 aliphatic carbocycles. The summed E-state index contributed by atoms with van der Waals surface area (Å²) < 4.78 is 0. The molecule has 1 aromatic heterocycles. The summed E-state index contributed by atoms with van der Waals surface area (Å²) in [4.78, 5) is 7.07. The van der Waals surface area contributed by atoms with Crippen molar-refractivity contribution in [1.82, 2.24) is 9.88 Å². The van der Waals surface area contributed by atoms with Crippen molar-refractivity contribution >= 4 is 22.9 Å². The fraction of sp³-hybridized carbons (Fsp3) is 0.769.